The van der Waals surface area contributed by atoms with Gasteiger partial charge < -0.3 is 0 Å². The predicted octanol–water partition coefficient (Wildman–Crippen LogP) is 4.64. The van der Waals surface area contributed by atoms with Crippen molar-refractivity contribution in [3.63, 3.8) is 0 Å². The van der Waals surface area contributed by atoms with Gasteiger partial charge in [0.1, 0.15) is 5.69 Å². The highest BCUT2D eigenvalue weighted by Crippen LogP contribution is 2.42. The largest absolute Gasteiger partial charge is 0.276 e. The summed E-state index contributed by atoms with van der Waals surface area (Å²) in [7, 11) is 1.72. The van der Waals surface area contributed by atoms with Gasteiger partial charge >= 0.3 is 0 Å². The zero-order valence-electron chi connectivity index (χ0n) is 15.7. The number of fused-ring (bicyclic) bond motifs is 5. The third kappa shape index (κ3) is 2.51. The third-order valence-electron chi connectivity index (χ3n) is 5.34. The molecule has 0 aliphatic carbocycles. The maximum Gasteiger partial charge on any atom is 0.121 e. The van der Waals surface area contributed by atoms with Crippen molar-refractivity contribution < 1.29 is 4.84 Å². The summed E-state index contributed by atoms with van der Waals surface area (Å²) in [6.07, 6.45) is 0.959. The molecule has 0 saturated heterocycles. The number of rotatable bonds is 3. The molecule has 5 nitrogen and oxygen atoms in total. The van der Waals surface area contributed by atoms with Crippen molar-refractivity contribution in [2.45, 2.75) is 39.3 Å². The molecule has 0 spiro atoms. The molecular formula is C21H24N4O. The third-order valence-corrected chi connectivity index (χ3v) is 5.34. The fourth-order valence-corrected chi connectivity index (χ4v) is 3.46. The SMILES string of the molecule is CCC(C)(C)n1nnc2c1-c1ccccc1N(OC)Cc1ccccc1-2. The molecule has 2 heterocycles. The molecule has 0 saturated carbocycles. The molecule has 3 aromatic rings. The van der Waals surface area contributed by atoms with Gasteiger partial charge in [-0.25, -0.2) is 9.75 Å². The Morgan fingerprint density at radius 2 is 1.73 bits per heavy atom. The molecule has 1 aliphatic rings. The second kappa shape index (κ2) is 6.25. The van der Waals surface area contributed by atoms with E-state index in [9.17, 15) is 0 Å². The summed E-state index contributed by atoms with van der Waals surface area (Å²) < 4.78 is 2.07. The van der Waals surface area contributed by atoms with Crippen molar-refractivity contribution in [1.82, 2.24) is 15.0 Å². The van der Waals surface area contributed by atoms with Gasteiger partial charge in [0, 0.05) is 11.1 Å². The number of aromatic nitrogens is 3. The van der Waals surface area contributed by atoms with E-state index >= 15 is 0 Å². The van der Waals surface area contributed by atoms with Crippen molar-refractivity contribution in [3.05, 3.63) is 54.1 Å². The van der Waals surface area contributed by atoms with Crippen molar-refractivity contribution >= 4 is 5.69 Å². The van der Waals surface area contributed by atoms with Gasteiger partial charge in [-0.05, 0) is 31.9 Å². The quantitative estimate of drug-likeness (QED) is 0.692. The zero-order valence-corrected chi connectivity index (χ0v) is 15.7. The summed E-state index contributed by atoms with van der Waals surface area (Å²) in [4.78, 5) is 5.74. The lowest BCUT2D eigenvalue weighted by atomic mass is 9.94. The highest BCUT2D eigenvalue weighted by Gasteiger charge is 2.31. The van der Waals surface area contributed by atoms with E-state index in [0.717, 1.165) is 34.6 Å². The summed E-state index contributed by atoms with van der Waals surface area (Å²) in [5.41, 5.74) is 6.24. The number of hydrogen-bond donors (Lipinski definition) is 0. The Bertz CT molecular complexity index is 945. The lowest BCUT2D eigenvalue weighted by molar-refractivity contribution is 0.163. The highest BCUT2D eigenvalue weighted by atomic mass is 16.7. The van der Waals surface area contributed by atoms with Crippen molar-refractivity contribution in [2.75, 3.05) is 12.2 Å². The summed E-state index contributed by atoms with van der Waals surface area (Å²) in [5, 5.41) is 11.1. The molecule has 5 heteroatoms. The van der Waals surface area contributed by atoms with Gasteiger partial charge in [-0.3, -0.25) is 4.84 Å². The fourth-order valence-electron chi connectivity index (χ4n) is 3.46. The average Bonchev–Trinajstić information content (AvgIpc) is 3.10. The van der Waals surface area contributed by atoms with E-state index in [0.29, 0.717) is 6.54 Å². The lowest BCUT2D eigenvalue weighted by Crippen LogP contribution is -2.28. The number of benzene rings is 2. The van der Waals surface area contributed by atoms with E-state index in [1.165, 1.54) is 5.56 Å². The van der Waals surface area contributed by atoms with Gasteiger partial charge in [0.2, 0.25) is 0 Å². The molecule has 0 bridgehead atoms. The van der Waals surface area contributed by atoms with Crippen LogP contribution in [0.4, 0.5) is 5.69 Å². The number of hydroxylamine groups is 1. The summed E-state index contributed by atoms with van der Waals surface area (Å²) in [6.45, 7) is 7.23. The van der Waals surface area contributed by atoms with Gasteiger partial charge in [-0.15, -0.1) is 5.10 Å². The minimum Gasteiger partial charge on any atom is -0.276 e. The van der Waals surface area contributed by atoms with E-state index in [-0.39, 0.29) is 5.54 Å². The topological polar surface area (TPSA) is 43.2 Å². The first kappa shape index (κ1) is 16.8. The molecule has 1 aliphatic heterocycles. The molecule has 134 valence electrons. The lowest BCUT2D eigenvalue weighted by Gasteiger charge is -2.30. The summed E-state index contributed by atoms with van der Waals surface area (Å²) in [5.74, 6) is 0. The van der Waals surface area contributed by atoms with Gasteiger partial charge in [-0.1, -0.05) is 54.6 Å². The normalized spacial score (nSPS) is 13.5. The minimum absolute atomic E-state index is 0.139. The molecular weight excluding hydrogens is 324 g/mol. The maximum atomic E-state index is 5.74. The summed E-state index contributed by atoms with van der Waals surface area (Å²) in [6, 6.07) is 16.7. The molecule has 1 aromatic heterocycles. The van der Waals surface area contributed by atoms with Crippen molar-refractivity contribution in [3.8, 4) is 22.5 Å². The summed E-state index contributed by atoms with van der Waals surface area (Å²) >= 11 is 0. The van der Waals surface area contributed by atoms with Crippen LogP contribution in [0.3, 0.4) is 0 Å². The number of nitrogens with zero attached hydrogens (tertiary/aromatic N) is 4. The van der Waals surface area contributed by atoms with Crippen LogP contribution in [0.25, 0.3) is 22.5 Å². The number of para-hydroxylation sites is 1. The first-order valence-electron chi connectivity index (χ1n) is 9.02. The Hall–Kier alpha value is -2.66. The van der Waals surface area contributed by atoms with Crippen LogP contribution < -0.4 is 5.06 Å². The smallest absolute Gasteiger partial charge is 0.121 e. The Labute approximate surface area is 154 Å². The Balaban J connectivity index is 2.10. The molecule has 0 amide bonds. The molecule has 0 fully saturated rings. The average molecular weight is 348 g/mol. The Morgan fingerprint density at radius 1 is 1.04 bits per heavy atom. The maximum absolute atomic E-state index is 5.74. The Kier molecular flexibility index (Phi) is 4.04. The van der Waals surface area contributed by atoms with Crippen LogP contribution in [0.1, 0.15) is 32.8 Å². The standard InChI is InChI=1S/C21H24N4O/c1-5-21(2,3)25-20-17-12-8-9-13-18(17)24(26-4)14-15-10-6-7-11-16(15)19(20)22-23-25/h6-13H,5,14H2,1-4H3. The first-order valence-corrected chi connectivity index (χ1v) is 9.02. The second-order valence-electron chi connectivity index (χ2n) is 7.26. The van der Waals surface area contributed by atoms with Gasteiger partial charge in [0.15, 0.2) is 0 Å². The number of hydrogen-bond acceptors (Lipinski definition) is 4. The monoisotopic (exact) mass is 348 g/mol. The minimum atomic E-state index is -0.139. The molecule has 0 N–H and O–H groups in total. The number of anilines is 1. The van der Waals surface area contributed by atoms with Crippen LogP contribution in [0, 0.1) is 0 Å². The van der Waals surface area contributed by atoms with Crippen LogP contribution in [0.5, 0.6) is 0 Å². The molecule has 4 rings (SSSR count). The van der Waals surface area contributed by atoms with Gasteiger partial charge in [-0.2, -0.15) is 0 Å². The molecule has 26 heavy (non-hydrogen) atoms. The fraction of sp³-hybridized carbons (Fsp3) is 0.333. The molecule has 0 unspecified atom stereocenters. The van der Waals surface area contributed by atoms with E-state index in [1.54, 1.807) is 7.11 Å². The van der Waals surface area contributed by atoms with E-state index < -0.39 is 0 Å². The first-order chi connectivity index (χ1) is 12.6. The van der Waals surface area contributed by atoms with Crippen molar-refractivity contribution in [2.24, 2.45) is 0 Å². The van der Waals surface area contributed by atoms with Crippen LogP contribution in [0.15, 0.2) is 48.5 Å². The van der Waals surface area contributed by atoms with Crippen LogP contribution in [-0.4, -0.2) is 22.1 Å². The molecule has 0 atom stereocenters. The highest BCUT2D eigenvalue weighted by molar-refractivity contribution is 5.87. The van der Waals surface area contributed by atoms with Crippen LogP contribution in [-0.2, 0) is 16.9 Å². The molecule has 2 aromatic carbocycles. The predicted molar refractivity (Wildman–Crippen MR) is 104 cm³/mol. The van der Waals surface area contributed by atoms with E-state index in [1.807, 2.05) is 11.1 Å². The van der Waals surface area contributed by atoms with Gasteiger partial charge in [0.05, 0.1) is 30.6 Å². The Morgan fingerprint density at radius 3 is 2.46 bits per heavy atom. The van der Waals surface area contributed by atoms with Crippen LogP contribution in [0.2, 0.25) is 0 Å². The van der Waals surface area contributed by atoms with Crippen molar-refractivity contribution in [1.29, 1.82) is 0 Å². The van der Waals surface area contributed by atoms with Crippen LogP contribution >= 0.6 is 0 Å². The zero-order chi connectivity index (χ0) is 18.3. The molecule has 0 radical (unpaired) electrons. The van der Waals surface area contributed by atoms with E-state index in [4.69, 9.17) is 4.84 Å². The second-order valence-corrected chi connectivity index (χ2v) is 7.26. The van der Waals surface area contributed by atoms with Gasteiger partial charge in [0.25, 0.3) is 0 Å². The van der Waals surface area contributed by atoms with E-state index in [2.05, 4.69) is 78.2 Å².